The van der Waals surface area contributed by atoms with Crippen molar-refractivity contribution in [1.82, 2.24) is 5.43 Å². The van der Waals surface area contributed by atoms with Gasteiger partial charge >= 0.3 is 0 Å². The highest BCUT2D eigenvalue weighted by molar-refractivity contribution is 9.10. The molecule has 1 rings (SSSR count). The van der Waals surface area contributed by atoms with Crippen molar-refractivity contribution < 1.29 is 5.11 Å². The first-order valence-corrected chi connectivity index (χ1v) is 4.87. The summed E-state index contributed by atoms with van der Waals surface area (Å²) in [6.07, 6.45) is 1.54. The Hall–Kier alpha value is -1.14. The highest BCUT2D eigenvalue weighted by Gasteiger charge is 1.96. The van der Waals surface area contributed by atoms with E-state index >= 15 is 0 Å². The van der Waals surface area contributed by atoms with Crippen LogP contribution in [0, 0.1) is 0 Å². The smallest absolute Gasteiger partial charge is 0.184 e. The molecule has 0 heterocycles. The fraction of sp³-hybridized carbons (Fsp3) is 0. The molecule has 14 heavy (non-hydrogen) atoms. The number of nitrogens with zero attached hydrogens (tertiary/aromatic N) is 1. The lowest BCUT2D eigenvalue weighted by molar-refractivity contribution is 0.472. The van der Waals surface area contributed by atoms with Crippen LogP contribution in [0.15, 0.2) is 27.8 Å². The van der Waals surface area contributed by atoms with E-state index in [1.165, 1.54) is 0 Å². The van der Waals surface area contributed by atoms with E-state index in [4.69, 9.17) is 5.73 Å². The molecule has 0 saturated heterocycles. The number of phenolic OH excluding ortho intramolecular Hbond substituents is 1. The maximum Gasteiger partial charge on any atom is 0.184 e. The molecule has 0 fully saturated rings. The molecule has 0 bridgehead atoms. The lowest BCUT2D eigenvalue weighted by Crippen LogP contribution is -2.23. The normalized spacial score (nSPS) is 10.4. The van der Waals surface area contributed by atoms with Crippen molar-refractivity contribution in [2.45, 2.75) is 0 Å². The number of phenols is 1. The zero-order chi connectivity index (χ0) is 10.6. The van der Waals surface area contributed by atoms with Crippen LogP contribution in [0.5, 0.6) is 5.75 Å². The molecule has 0 saturated carbocycles. The molecule has 0 aliphatic heterocycles. The highest BCUT2D eigenvalue weighted by Crippen LogP contribution is 2.23. The summed E-state index contributed by atoms with van der Waals surface area (Å²) in [6, 6.07) is 5.00. The van der Waals surface area contributed by atoms with Crippen molar-refractivity contribution in [3.05, 3.63) is 28.2 Å². The molecule has 0 unspecified atom stereocenters. The van der Waals surface area contributed by atoms with Crippen molar-refractivity contribution in [1.29, 1.82) is 0 Å². The fourth-order valence-electron chi connectivity index (χ4n) is 0.774. The van der Waals surface area contributed by atoms with Crippen LogP contribution in [0.25, 0.3) is 0 Å². The second kappa shape index (κ2) is 4.92. The molecule has 4 nitrogen and oxygen atoms in total. The van der Waals surface area contributed by atoms with Gasteiger partial charge in [-0.3, -0.25) is 5.43 Å². The molecule has 6 heteroatoms. The minimum Gasteiger partial charge on any atom is -0.507 e. The van der Waals surface area contributed by atoms with Crippen molar-refractivity contribution in [2.24, 2.45) is 10.8 Å². The minimum absolute atomic E-state index is 0.110. The van der Waals surface area contributed by atoms with Gasteiger partial charge in [0.2, 0.25) is 0 Å². The van der Waals surface area contributed by atoms with Gasteiger partial charge in [0.1, 0.15) is 5.75 Å². The number of hydrogen-bond donors (Lipinski definition) is 3. The maximum atomic E-state index is 9.21. The molecule has 0 spiro atoms. The number of hydrazone groups is 1. The quantitative estimate of drug-likeness (QED) is 0.432. The SMILES string of the molecule is NC(=S)NN=Cc1ccc(O)c(Br)c1. The van der Waals surface area contributed by atoms with E-state index in [1.54, 1.807) is 24.4 Å². The monoisotopic (exact) mass is 273 g/mol. The van der Waals surface area contributed by atoms with Gasteiger partial charge in [0.05, 0.1) is 10.7 Å². The Morgan fingerprint density at radius 2 is 2.36 bits per heavy atom. The minimum atomic E-state index is 0.110. The van der Waals surface area contributed by atoms with Crippen LogP contribution in [-0.4, -0.2) is 16.4 Å². The third kappa shape index (κ3) is 3.31. The molecule has 0 amide bonds. The summed E-state index contributed by atoms with van der Waals surface area (Å²) < 4.78 is 0.608. The first kappa shape index (κ1) is 10.9. The average Bonchev–Trinajstić information content (AvgIpc) is 2.10. The van der Waals surface area contributed by atoms with E-state index in [0.29, 0.717) is 4.47 Å². The van der Waals surface area contributed by atoms with E-state index < -0.39 is 0 Å². The second-order valence-corrected chi connectivity index (χ2v) is 3.74. The van der Waals surface area contributed by atoms with Crippen LogP contribution in [0.1, 0.15) is 5.56 Å². The zero-order valence-corrected chi connectivity index (χ0v) is 9.47. The van der Waals surface area contributed by atoms with Gasteiger partial charge in [0, 0.05) is 0 Å². The highest BCUT2D eigenvalue weighted by atomic mass is 79.9. The van der Waals surface area contributed by atoms with E-state index in [9.17, 15) is 5.11 Å². The summed E-state index contributed by atoms with van der Waals surface area (Å²) in [6.45, 7) is 0. The molecule has 0 atom stereocenters. The summed E-state index contributed by atoms with van der Waals surface area (Å²) in [5.41, 5.74) is 8.41. The standard InChI is InChI=1S/C8H8BrN3OS/c9-6-3-5(1-2-7(6)13)4-11-12-8(10)14/h1-4,13H,(H3,10,12,14). The van der Waals surface area contributed by atoms with Gasteiger partial charge < -0.3 is 10.8 Å². The average molecular weight is 274 g/mol. The Morgan fingerprint density at radius 3 is 2.93 bits per heavy atom. The van der Waals surface area contributed by atoms with Crippen LogP contribution in [-0.2, 0) is 0 Å². The summed E-state index contributed by atoms with van der Waals surface area (Å²) in [4.78, 5) is 0. The molecule has 0 radical (unpaired) electrons. The number of aromatic hydroxyl groups is 1. The number of thiocarbonyl (C=S) groups is 1. The molecule has 1 aromatic carbocycles. The Morgan fingerprint density at radius 1 is 1.64 bits per heavy atom. The van der Waals surface area contributed by atoms with Crippen LogP contribution >= 0.6 is 28.1 Å². The van der Waals surface area contributed by atoms with Crippen molar-refractivity contribution in [3.63, 3.8) is 0 Å². The Kier molecular flexibility index (Phi) is 3.84. The third-order valence-electron chi connectivity index (χ3n) is 1.36. The van der Waals surface area contributed by atoms with Gasteiger partial charge in [0.15, 0.2) is 5.11 Å². The van der Waals surface area contributed by atoms with Gasteiger partial charge in [-0.25, -0.2) is 0 Å². The number of rotatable bonds is 2. The predicted molar refractivity (Wildman–Crippen MR) is 63.3 cm³/mol. The lowest BCUT2D eigenvalue weighted by Gasteiger charge is -1.98. The summed E-state index contributed by atoms with van der Waals surface area (Å²) in [5, 5.41) is 13.1. The van der Waals surface area contributed by atoms with Gasteiger partial charge in [-0.2, -0.15) is 5.10 Å². The van der Waals surface area contributed by atoms with E-state index in [1.807, 2.05) is 0 Å². The molecule has 4 N–H and O–H groups in total. The summed E-state index contributed by atoms with van der Waals surface area (Å²) in [7, 11) is 0. The number of benzene rings is 1. The van der Waals surface area contributed by atoms with Gasteiger partial charge in [-0.15, -0.1) is 0 Å². The number of hydrogen-bond acceptors (Lipinski definition) is 3. The number of nitrogens with one attached hydrogen (secondary N) is 1. The van der Waals surface area contributed by atoms with Crippen LogP contribution in [0.4, 0.5) is 0 Å². The number of halogens is 1. The van der Waals surface area contributed by atoms with Crippen LogP contribution < -0.4 is 11.2 Å². The molecule has 0 aliphatic rings. The second-order valence-electron chi connectivity index (χ2n) is 2.45. The summed E-state index contributed by atoms with van der Waals surface area (Å²) in [5.74, 6) is 0.185. The largest absolute Gasteiger partial charge is 0.507 e. The number of nitrogens with two attached hydrogens (primary N) is 1. The van der Waals surface area contributed by atoms with Crippen LogP contribution in [0.3, 0.4) is 0 Å². The molecular formula is C8H8BrN3OS. The van der Waals surface area contributed by atoms with Gasteiger partial charge in [-0.05, 0) is 51.9 Å². The lowest BCUT2D eigenvalue weighted by atomic mass is 10.2. The molecule has 0 aliphatic carbocycles. The first-order valence-electron chi connectivity index (χ1n) is 3.66. The topological polar surface area (TPSA) is 70.6 Å². The van der Waals surface area contributed by atoms with Gasteiger partial charge in [0.25, 0.3) is 0 Å². The van der Waals surface area contributed by atoms with E-state index in [2.05, 4.69) is 38.7 Å². The molecular weight excluding hydrogens is 266 g/mol. The molecule has 74 valence electrons. The van der Waals surface area contributed by atoms with E-state index in [0.717, 1.165) is 5.56 Å². The molecule has 1 aromatic rings. The van der Waals surface area contributed by atoms with E-state index in [-0.39, 0.29) is 10.9 Å². The third-order valence-corrected chi connectivity index (χ3v) is 2.09. The predicted octanol–water partition coefficient (Wildman–Crippen LogP) is 1.32. The Labute approximate surface area is 94.9 Å². The van der Waals surface area contributed by atoms with Crippen molar-refractivity contribution in [3.8, 4) is 5.75 Å². The van der Waals surface area contributed by atoms with Gasteiger partial charge in [-0.1, -0.05) is 0 Å². The summed E-state index contributed by atoms with van der Waals surface area (Å²) >= 11 is 7.75. The molecule has 0 aromatic heterocycles. The Balaban J connectivity index is 2.73. The Bertz CT molecular complexity index is 381. The maximum absolute atomic E-state index is 9.21. The van der Waals surface area contributed by atoms with Crippen molar-refractivity contribution >= 4 is 39.5 Å². The zero-order valence-electron chi connectivity index (χ0n) is 7.07. The fourth-order valence-corrected chi connectivity index (χ4v) is 1.22. The first-order chi connectivity index (χ1) is 6.59. The van der Waals surface area contributed by atoms with Crippen LogP contribution in [0.2, 0.25) is 0 Å². The van der Waals surface area contributed by atoms with Crippen molar-refractivity contribution in [2.75, 3.05) is 0 Å².